The Kier molecular flexibility index (Phi) is 6.85. The van der Waals surface area contributed by atoms with E-state index >= 15 is 0 Å². The van der Waals surface area contributed by atoms with Crippen LogP contribution < -0.4 is 10.4 Å². The molecule has 0 atom stereocenters. The summed E-state index contributed by atoms with van der Waals surface area (Å²) in [7, 11) is -2.65. The van der Waals surface area contributed by atoms with E-state index in [1.165, 1.54) is 42.5 Å². The minimum absolute atomic E-state index is 0.679. The van der Waals surface area contributed by atoms with Crippen molar-refractivity contribution in [3.05, 3.63) is 60.7 Å². The molecule has 0 N–H and O–H groups in total. The van der Waals surface area contributed by atoms with Gasteiger partial charge in [0.15, 0.2) is 0 Å². The molecule has 0 heterocycles. The van der Waals surface area contributed by atoms with Gasteiger partial charge in [0.25, 0.3) is 0 Å². The second-order valence-electron chi connectivity index (χ2n) is 7.01. The maximum Gasteiger partial charge on any atom is 0.407 e. The molecule has 2 aromatic rings. The topological polar surface area (TPSA) is 18.5 Å². The van der Waals surface area contributed by atoms with E-state index in [4.69, 9.17) is 8.85 Å². The SMILES string of the molecule is CCCO[Si](OCC1CCCCC1)(c1ccccc1)c1ccccc1. The highest BCUT2D eigenvalue weighted by Crippen LogP contribution is 2.25. The number of hydrogen-bond donors (Lipinski definition) is 0. The predicted octanol–water partition coefficient (Wildman–Crippen LogP) is 4.27. The van der Waals surface area contributed by atoms with Crippen LogP contribution in [-0.2, 0) is 8.85 Å². The molecule has 2 aromatic carbocycles. The zero-order chi connectivity index (χ0) is 17.4. The minimum atomic E-state index is -2.65. The van der Waals surface area contributed by atoms with Gasteiger partial charge in [-0.15, -0.1) is 0 Å². The van der Waals surface area contributed by atoms with Crippen molar-refractivity contribution in [2.75, 3.05) is 13.2 Å². The van der Waals surface area contributed by atoms with Crippen molar-refractivity contribution in [1.82, 2.24) is 0 Å². The first-order valence-corrected chi connectivity index (χ1v) is 11.6. The summed E-state index contributed by atoms with van der Waals surface area (Å²) in [5.74, 6) is 0.679. The van der Waals surface area contributed by atoms with E-state index in [0.29, 0.717) is 5.92 Å². The summed E-state index contributed by atoms with van der Waals surface area (Å²) < 4.78 is 13.3. The molecule has 0 saturated heterocycles. The standard InChI is InChI=1S/C22H30O2Si/c1-2-18-23-25(21-14-8-4-9-15-21,22-16-10-5-11-17-22)24-19-20-12-6-3-7-13-20/h4-5,8-11,14-17,20H,2-3,6-7,12-13,18-19H2,1H3. The van der Waals surface area contributed by atoms with Crippen molar-refractivity contribution < 1.29 is 8.85 Å². The van der Waals surface area contributed by atoms with Crippen LogP contribution in [0, 0.1) is 5.92 Å². The van der Waals surface area contributed by atoms with E-state index in [1.807, 2.05) is 0 Å². The third-order valence-corrected chi connectivity index (χ3v) is 8.43. The van der Waals surface area contributed by atoms with Crippen LogP contribution in [0.3, 0.4) is 0 Å². The normalized spacial score (nSPS) is 16.0. The summed E-state index contributed by atoms with van der Waals surface area (Å²) in [6.45, 7) is 3.72. The first kappa shape index (κ1) is 18.4. The highest BCUT2D eigenvalue weighted by molar-refractivity contribution is 6.92. The third kappa shape index (κ3) is 4.60. The summed E-state index contributed by atoms with van der Waals surface area (Å²) in [6, 6.07) is 21.2. The van der Waals surface area contributed by atoms with Crippen molar-refractivity contribution in [1.29, 1.82) is 0 Å². The molecule has 0 aliphatic heterocycles. The maximum atomic E-state index is 6.76. The lowest BCUT2D eigenvalue weighted by atomic mass is 9.90. The molecule has 1 aliphatic carbocycles. The molecule has 134 valence electrons. The first-order valence-electron chi connectivity index (χ1n) is 9.74. The van der Waals surface area contributed by atoms with Gasteiger partial charge in [-0.3, -0.25) is 0 Å². The molecule has 0 radical (unpaired) electrons. The van der Waals surface area contributed by atoms with Gasteiger partial charge in [-0.25, -0.2) is 0 Å². The quantitative estimate of drug-likeness (QED) is 0.659. The highest BCUT2D eigenvalue weighted by Gasteiger charge is 2.43. The second kappa shape index (κ2) is 9.32. The fourth-order valence-corrected chi connectivity index (χ4v) is 7.00. The Bertz CT molecular complexity index is 569. The Morgan fingerprint density at radius 2 is 1.36 bits per heavy atom. The smallest absolute Gasteiger partial charge is 0.388 e. The summed E-state index contributed by atoms with van der Waals surface area (Å²) >= 11 is 0. The molecule has 25 heavy (non-hydrogen) atoms. The Morgan fingerprint density at radius 1 is 0.800 bits per heavy atom. The monoisotopic (exact) mass is 354 g/mol. The largest absolute Gasteiger partial charge is 0.407 e. The highest BCUT2D eigenvalue weighted by atomic mass is 28.4. The molecular formula is C22H30O2Si. The van der Waals surface area contributed by atoms with Crippen LogP contribution in [0.1, 0.15) is 45.4 Å². The molecule has 0 unspecified atom stereocenters. The molecule has 1 fully saturated rings. The summed E-state index contributed by atoms with van der Waals surface area (Å²) in [5.41, 5.74) is 0. The lowest BCUT2D eigenvalue weighted by Crippen LogP contribution is -2.64. The van der Waals surface area contributed by atoms with Crippen LogP contribution in [0.5, 0.6) is 0 Å². The van der Waals surface area contributed by atoms with Gasteiger partial charge < -0.3 is 8.85 Å². The Balaban J connectivity index is 1.92. The van der Waals surface area contributed by atoms with E-state index < -0.39 is 8.56 Å². The summed E-state index contributed by atoms with van der Waals surface area (Å²) in [4.78, 5) is 0. The Morgan fingerprint density at radius 3 is 1.88 bits per heavy atom. The van der Waals surface area contributed by atoms with Gasteiger partial charge in [0.05, 0.1) is 0 Å². The summed E-state index contributed by atoms with van der Waals surface area (Å²) in [6.07, 6.45) is 7.65. The van der Waals surface area contributed by atoms with Crippen molar-refractivity contribution in [3.63, 3.8) is 0 Å². The molecule has 3 rings (SSSR count). The average molecular weight is 355 g/mol. The van der Waals surface area contributed by atoms with Gasteiger partial charge in [0.2, 0.25) is 0 Å². The molecule has 2 nitrogen and oxygen atoms in total. The number of rotatable bonds is 8. The molecule has 0 spiro atoms. The molecule has 3 heteroatoms. The summed E-state index contributed by atoms with van der Waals surface area (Å²) in [5, 5.41) is 2.43. The van der Waals surface area contributed by atoms with Crippen LogP contribution in [-0.4, -0.2) is 21.8 Å². The molecule has 1 saturated carbocycles. The molecule has 0 aromatic heterocycles. The third-order valence-electron chi connectivity index (χ3n) is 5.06. The molecule has 0 amide bonds. The van der Waals surface area contributed by atoms with Crippen molar-refractivity contribution in [3.8, 4) is 0 Å². The zero-order valence-electron chi connectivity index (χ0n) is 15.3. The molecule has 0 bridgehead atoms. The van der Waals surface area contributed by atoms with Crippen molar-refractivity contribution in [2.24, 2.45) is 5.92 Å². The maximum absolute atomic E-state index is 6.76. The Labute approximate surface area is 153 Å². The van der Waals surface area contributed by atoms with Crippen molar-refractivity contribution >= 4 is 18.9 Å². The fraction of sp³-hybridized carbons (Fsp3) is 0.455. The average Bonchev–Trinajstić information content (AvgIpc) is 2.71. The first-order chi connectivity index (χ1) is 12.3. The second-order valence-corrected chi connectivity index (χ2v) is 9.98. The number of benzene rings is 2. The van der Waals surface area contributed by atoms with E-state index in [1.54, 1.807) is 0 Å². The fourth-order valence-electron chi connectivity index (χ4n) is 3.69. The minimum Gasteiger partial charge on any atom is -0.388 e. The van der Waals surface area contributed by atoms with E-state index in [2.05, 4.69) is 67.6 Å². The zero-order valence-corrected chi connectivity index (χ0v) is 16.3. The van der Waals surface area contributed by atoms with Gasteiger partial charge in [-0.1, -0.05) is 86.8 Å². The van der Waals surface area contributed by atoms with Crippen LogP contribution in [0.15, 0.2) is 60.7 Å². The Hall–Kier alpha value is -1.42. The molecule has 1 aliphatic rings. The van der Waals surface area contributed by atoms with Gasteiger partial charge in [0.1, 0.15) is 0 Å². The van der Waals surface area contributed by atoms with Gasteiger partial charge in [-0.2, -0.15) is 0 Å². The number of hydrogen-bond acceptors (Lipinski definition) is 2. The van der Waals surface area contributed by atoms with Crippen LogP contribution in [0.2, 0.25) is 0 Å². The van der Waals surface area contributed by atoms with Crippen molar-refractivity contribution in [2.45, 2.75) is 45.4 Å². The van der Waals surface area contributed by atoms with E-state index in [-0.39, 0.29) is 0 Å². The van der Waals surface area contributed by atoms with Gasteiger partial charge in [0, 0.05) is 13.2 Å². The lowest BCUT2D eigenvalue weighted by Gasteiger charge is -2.34. The lowest BCUT2D eigenvalue weighted by molar-refractivity contribution is 0.148. The van der Waals surface area contributed by atoms with Crippen LogP contribution in [0.25, 0.3) is 0 Å². The van der Waals surface area contributed by atoms with Gasteiger partial charge >= 0.3 is 8.56 Å². The van der Waals surface area contributed by atoms with Gasteiger partial charge in [-0.05, 0) is 35.6 Å². The van der Waals surface area contributed by atoms with Crippen LogP contribution in [0.4, 0.5) is 0 Å². The van der Waals surface area contributed by atoms with E-state index in [0.717, 1.165) is 19.6 Å². The molecular weight excluding hydrogens is 324 g/mol. The predicted molar refractivity (Wildman–Crippen MR) is 107 cm³/mol. The van der Waals surface area contributed by atoms with E-state index in [9.17, 15) is 0 Å². The van der Waals surface area contributed by atoms with Crippen LogP contribution >= 0.6 is 0 Å².